The highest BCUT2D eigenvalue weighted by Crippen LogP contribution is 2.26. The largest absolute Gasteiger partial charge is 0.404 e. The summed E-state index contributed by atoms with van der Waals surface area (Å²) in [5.41, 5.74) is 2.96. The molecule has 0 amide bonds. The van der Waals surface area contributed by atoms with Crippen LogP contribution in [0, 0.1) is 6.92 Å². The van der Waals surface area contributed by atoms with Crippen LogP contribution in [-0.2, 0) is 12.8 Å². The summed E-state index contributed by atoms with van der Waals surface area (Å²) in [6.07, 6.45) is -3.45. The molecule has 0 bridgehead atoms. The first kappa shape index (κ1) is 11.5. The van der Waals surface area contributed by atoms with Gasteiger partial charge in [0.15, 0.2) is 0 Å². The van der Waals surface area contributed by atoms with Gasteiger partial charge in [0.1, 0.15) is 6.04 Å². The third-order valence-corrected chi connectivity index (χ3v) is 2.97. The van der Waals surface area contributed by atoms with E-state index in [9.17, 15) is 13.2 Å². The first-order chi connectivity index (χ1) is 7.47. The Kier molecular flexibility index (Phi) is 2.93. The molecule has 0 fully saturated rings. The predicted octanol–water partition coefficient (Wildman–Crippen LogP) is 2.61. The second-order valence-corrected chi connectivity index (χ2v) is 4.27. The Balaban J connectivity index is 2.28. The monoisotopic (exact) mass is 229 g/mol. The van der Waals surface area contributed by atoms with Gasteiger partial charge in [0.25, 0.3) is 0 Å². The van der Waals surface area contributed by atoms with Crippen molar-refractivity contribution in [2.75, 3.05) is 6.54 Å². The van der Waals surface area contributed by atoms with E-state index in [0.717, 1.165) is 16.7 Å². The number of benzene rings is 1. The quantitative estimate of drug-likeness (QED) is 0.721. The molecule has 1 N–H and O–H groups in total. The van der Waals surface area contributed by atoms with Gasteiger partial charge in [-0.05, 0) is 37.4 Å². The number of nitrogens with one attached hydrogen (secondary N) is 1. The fraction of sp³-hybridized carbons (Fsp3) is 0.500. The van der Waals surface area contributed by atoms with E-state index in [1.165, 1.54) is 0 Å². The minimum absolute atomic E-state index is 0.0408. The Morgan fingerprint density at radius 3 is 2.69 bits per heavy atom. The van der Waals surface area contributed by atoms with Crippen LogP contribution in [-0.4, -0.2) is 18.8 Å². The summed E-state index contributed by atoms with van der Waals surface area (Å²) >= 11 is 0. The van der Waals surface area contributed by atoms with E-state index in [4.69, 9.17) is 0 Å². The summed E-state index contributed by atoms with van der Waals surface area (Å²) in [6.45, 7) is 2.35. The zero-order chi connectivity index (χ0) is 11.8. The van der Waals surface area contributed by atoms with Gasteiger partial charge in [0, 0.05) is 0 Å². The first-order valence-electron chi connectivity index (χ1n) is 5.35. The lowest BCUT2D eigenvalue weighted by Crippen LogP contribution is -2.43. The molecule has 1 unspecified atom stereocenters. The lowest BCUT2D eigenvalue weighted by atomic mass is 9.98. The highest BCUT2D eigenvalue weighted by Gasteiger charge is 2.40. The Hall–Kier alpha value is -1.03. The minimum Gasteiger partial charge on any atom is -0.306 e. The van der Waals surface area contributed by atoms with Gasteiger partial charge in [-0.25, -0.2) is 0 Å². The first-order valence-corrected chi connectivity index (χ1v) is 5.35. The molecule has 1 aromatic carbocycles. The van der Waals surface area contributed by atoms with Crippen LogP contribution < -0.4 is 5.32 Å². The molecule has 1 nitrogen and oxygen atoms in total. The van der Waals surface area contributed by atoms with Crippen LogP contribution >= 0.6 is 0 Å². The fourth-order valence-corrected chi connectivity index (χ4v) is 2.09. The van der Waals surface area contributed by atoms with E-state index < -0.39 is 12.2 Å². The van der Waals surface area contributed by atoms with Crippen LogP contribution in [0.2, 0.25) is 0 Å². The number of fused-ring (bicyclic) bond motifs is 1. The van der Waals surface area contributed by atoms with Gasteiger partial charge in [-0.15, -0.1) is 0 Å². The van der Waals surface area contributed by atoms with Gasteiger partial charge in [0.05, 0.1) is 0 Å². The molecular formula is C12H14F3N. The third kappa shape index (κ3) is 2.38. The molecule has 0 spiro atoms. The lowest BCUT2D eigenvalue weighted by molar-refractivity contribution is -0.155. The standard InChI is InChI=1S/C12H14F3N/c1-8-2-3-9-7-11(12(13,14)15)16-5-4-10(9)6-8/h2-3,6,11,16H,4-5,7H2,1H3. The van der Waals surface area contributed by atoms with Crippen LogP contribution in [0.3, 0.4) is 0 Å². The third-order valence-electron chi connectivity index (χ3n) is 2.97. The lowest BCUT2D eigenvalue weighted by Gasteiger charge is -2.19. The average molecular weight is 229 g/mol. The van der Waals surface area contributed by atoms with E-state index >= 15 is 0 Å². The van der Waals surface area contributed by atoms with Gasteiger partial charge < -0.3 is 5.32 Å². The number of rotatable bonds is 0. The smallest absolute Gasteiger partial charge is 0.306 e. The second kappa shape index (κ2) is 4.09. The molecule has 1 aliphatic heterocycles. The minimum atomic E-state index is -4.16. The summed E-state index contributed by atoms with van der Waals surface area (Å²) < 4.78 is 37.9. The maximum Gasteiger partial charge on any atom is 0.404 e. The van der Waals surface area contributed by atoms with Crippen molar-refractivity contribution in [2.24, 2.45) is 0 Å². The second-order valence-electron chi connectivity index (χ2n) is 4.27. The SMILES string of the molecule is Cc1ccc2c(c1)CCNC(C(F)(F)F)C2. The number of aryl methyl sites for hydroxylation is 1. The molecule has 4 heteroatoms. The van der Waals surface area contributed by atoms with Gasteiger partial charge in [-0.2, -0.15) is 13.2 Å². The van der Waals surface area contributed by atoms with Gasteiger partial charge in [-0.3, -0.25) is 0 Å². The van der Waals surface area contributed by atoms with Crippen molar-refractivity contribution in [2.45, 2.75) is 32.0 Å². The summed E-state index contributed by atoms with van der Waals surface area (Å²) in [4.78, 5) is 0. The van der Waals surface area contributed by atoms with Crippen LogP contribution in [0.4, 0.5) is 13.2 Å². The normalized spacial score (nSPS) is 21.4. The van der Waals surface area contributed by atoms with Crippen LogP contribution in [0.1, 0.15) is 16.7 Å². The molecule has 0 radical (unpaired) electrons. The van der Waals surface area contributed by atoms with Gasteiger partial charge in [-0.1, -0.05) is 23.8 Å². The molecule has 0 aliphatic carbocycles. The highest BCUT2D eigenvalue weighted by molar-refractivity contribution is 5.33. The molecule has 1 atom stereocenters. The highest BCUT2D eigenvalue weighted by atomic mass is 19.4. The molecule has 0 saturated heterocycles. The molecular weight excluding hydrogens is 215 g/mol. The Labute approximate surface area is 92.7 Å². The Morgan fingerprint density at radius 1 is 1.25 bits per heavy atom. The maximum atomic E-state index is 12.6. The Bertz CT molecular complexity index is 384. The topological polar surface area (TPSA) is 12.0 Å². The van der Waals surface area contributed by atoms with Crippen molar-refractivity contribution < 1.29 is 13.2 Å². The zero-order valence-corrected chi connectivity index (χ0v) is 9.06. The number of halogens is 3. The van der Waals surface area contributed by atoms with Crippen LogP contribution in [0.25, 0.3) is 0 Å². The summed E-state index contributed by atoms with van der Waals surface area (Å²) in [5.74, 6) is 0. The molecule has 1 aromatic rings. The van der Waals surface area contributed by atoms with Crippen molar-refractivity contribution in [3.05, 3.63) is 34.9 Å². The van der Waals surface area contributed by atoms with Crippen molar-refractivity contribution in [3.8, 4) is 0 Å². The molecule has 88 valence electrons. The van der Waals surface area contributed by atoms with Crippen molar-refractivity contribution in [1.29, 1.82) is 0 Å². The Morgan fingerprint density at radius 2 is 2.00 bits per heavy atom. The van der Waals surface area contributed by atoms with E-state index in [-0.39, 0.29) is 6.42 Å². The molecule has 1 aliphatic rings. The van der Waals surface area contributed by atoms with E-state index in [1.807, 2.05) is 25.1 Å². The van der Waals surface area contributed by atoms with Crippen LogP contribution in [0.15, 0.2) is 18.2 Å². The van der Waals surface area contributed by atoms with Crippen LogP contribution in [0.5, 0.6) is 0 Å². The van der Waals surface area contributed by atoms with Gasteiger partial charge in [0.2, 0.25) is 0 Å². The molecule has 0 saturated carbocycles. The number of alkyl halides is 3. The summed E-state index contributed by atoms with van der Waals surface area (Å²) in [7, 11) is 0. The number of hydrogen-bond acceptors (Lipinski definition) is 1. The van der Waals surface area contributed by atoms with Crippen molar-refractivity contribution in [3.63, 3.8) is 0 Å². The maximum absolute atomic E-state index is 12.6. The molecule has 0 aromatic heterocycles. The zero-order valence-electron chi connectivity index (χ0n) is 9.06. The molecule has 2 rings (SSSR count). The van der Waals surface area contributed by atoms with Gasteiger partial charge >= 0.3 is 6.18 Å². The number of hydrogen-bond donors (Lipinski definition) is 1. The molecule has 16 heavy (non-hydrogen) atoms. The average Bonchev–Trinajstić information content (AvgIpc) is 2.38. The van der Waals surface area contributed by atoms with E-state index in [2.05, 4.69) is 5.32 Å². The molecule has 1 heterocycles. The fourth-order valence-electron chi connectivity index (χ4n) is 2.09. The summed E-state index contributed by atoms with van der Waals surface area (Å²) in [6, 6.07) is 4.26. The summed E-state index contributed by atoms with van der Waals surface area (Å²) in [5, 5.41) is 2.56. The van der Waals surface area contributed by atoms with E-state index in [1.54, 1.807) is 0 Å². The van der Waals surface area contributed by atoms with Crippen molar-refractivity contribution in [1.82, 2.24) is 5.32 Å². The van der Waals surface area contributed by atoms with Crippen molar-refractivity contribution >= 4 is 0 Å². The predicted molar refractivity (Wildman–Crippen MR) is 56.4 cm³/mol. The van der Waals surface area contributed by atoms with E-state index in [0.29, 0.717) is 13.0 Å².